The predicted molar refractivity (Wildman–Crippen MR) is 65.8 cm³/mol. The van der Waals surface area contributed by atoms with Crippen molar-refractivity contribution in [3.8, 4) is 0 Å². The van der Waals surface area contributed by atoms with Crippen LogP contribution >= 0.6 is 35.0 Å². The molecule has 0 aromatic heterocycles. The molecular formula is C10H7Cl2NO2S. The van der Waals surface area contributed by atoms with Gasteiger partial charge in [-0.25, -0.2) is 0 Å². The van der Waals surface area contributed by atoms with E-state index in [9.17, 15) is 9.59 Å². The number of Topliss-reactive ketones (excluding diaryl/α,β-unsaturated/α-hetero) is 1. The van der Waals surface area contributed by atoms with E-state index in [-0.39, 0.29) is 17.0 Å². The van der Waals surface area contributed by atoms with Gasteiger partial charge in [0, 0.05) is 10.5 Å². The van der Waals surface area contributed by atoms with E-state index in [0.29, 0.717) is 10.6 Å². The fourth-order valence-corrected chi connectivity index (χ4v) is 2.79. The zero-order valence-electron chi connectivity index (χ0n) is 8.00. The maximum absolute atomic E-state index is 11.5. The van der Waals surface area contributed by atoms with Gasteiger partial charge in [0.05, 0.1) is 16.6 Å². The summed E-state index contributed by atoms with van der Waals surface area (Å²) < 4.78 is 0. The fourth-order valence-electron chi connectivity index (χ4n) is 1.43. The van der Waals surface area contributed by atoms with Gasteiger partial charge in [0.15, 0.2) is 12.1 Å². The van der Waals surface area contributed by atoms with Crippen LogP contribution < -0.4 is 5.32 Å². The Balaban J connectivity index is 2.40. The third-order valence-corrected chi connectivity index (χ3v) is 3.80. The summed E-state index contributed by atoms with van der Waals surface area (Å²) in [6, 6.07) is 3.32. The monoisotopic (exact) mass is 275 g/mol. The van der Waals surface area contributed by atoms with Gasteiger partial charge >= 0.3 is 0 Å². The molecule has 1 aromatic carbocycles. The first-order valence-electron chi connectivity index (χ1n) is 4.47. The van der Waals surface area contributed by atoms with Crippen LogP contribution in [0.5, 0.6) is 0 Å². The summed E-state index contributed by atoms with van der Waals surface area (Å²) in [5, 5.41) is 3.01. The minimum atomic E-state index is -0.313. The molecule has 0 fully saturated rings. The molecule has 0 saturated carbocycles. The SMILES string of the molecule is O=CC1Nc2cc(Cl)c(C(=O)CCl)cc2S1. The fraction of sp³-hybridized carbons (Fsp3) is 0.200. The number of aldehydes is 1. The van der Waals surface area contributed by atoms with Crippen molar-refractivity contribution in [2.24, 2.45) is 0 Å². The Bertz CT molecular complexity index is 464. The van der Waals surface area contributed by atoms with Gasteiger partial charge in [-0.05, 0) is 12.1 Å². The normalized spacial score (nSPS) is 17.8. The first-order valence-corrected chi connectivity index (χ1v) is 6.26. The van der Waals surface area contributed by atoms with E-state index >= 15 is 0 Å². The summed E-state index contributed by atoms with van der Waals surface area (Å²) >= 11 is 12.8. The van der Waals surface area contributed by atoms with Crippen LogP contribution in [0.2, 0.25) is 5.02 Å². The molecule has 0 amide bonds. The highest BCUT2D eigenvalue weighted by Crippen LogP contribution is 2.40. The summed E-state index contributed by atoms with van der Waals surface area (Å²) in [6.07, 6.45) is 0.807. The van der Waals surface area contributed by atoms with E-state index in [2.05, 4.69) is 5.32 Å². The van der Waals surface area contributed by atoms with E-state index in [4.69, 9.17) is 23.2 Å². The van der Waals surface area contributed by atoms with Crippen LogP contribution in [0.1, 0.15) is 10.4 Å². The number of thioether (sulfide) groups is 1. The highest BCUT2D eigenvalue weighted by atomic mass is 35.5. The summed E-state index contributed by atoms with van der Waals surface area (Å²) in [7, 11) is 0. The van der Waals surface area contributed by atoms with Gasteiger partial charge in [-0.15, -0.1) is 11.6 Å². The number of ketones is 1. The lowest BCUT2D eigenvalue weighted by Gasteiger charge is -2.04. The van der Waals surface area contributed by atoms with Crippen molar-refractivity contribution < 1.29 is 9.59 Å². The molecule has 3 nitrogen and oxygen atoms in total. The van der Waals surface area contributed by atoms with E-state index in [1.807, 2.05) is 0 Å². The van der Waals surface area contributed by atoms with E-state index in [1.165, 1.54) is 11.8 Å². The maximum atomic E-state index is 11.5. The maximum Gasteiger partial charge on any atom is 0.179 e. The zero-order chi connectivity index (χ0) is 11.7. The predicted octanol–water partition coefficient (Wildman–Crippen LogP) is 2.80. The quantitative estimate of drug-likeness (QED) is 0.524. The molecule has 2 rings (SSSR count). The summed E-state index contributed by atoms with van der Waals surface area (Å²) in [5.41, 5.74) is 1.18. The van der Waals surface area contributed by atoms with Crippen LogP contribution in [0.25, 0.3) is 0 Å². The molecule has 0 aliphatic carbocycles. The molecule has 6 heteroatoms. The highest BCUT2D eigenvalue weighted by Gasteiger charge is 2.23. The largest absolute Gasteiger partial charge is 0.366 e. The number of carbonyl (C=O) groups excluding carboxylic acids is 2. The second kappa shape index (κ2) is 4.65. The molecular weight excluding hydrogens is 269 g/mol. The molecule has 0 spiro atoms. The van der Waals surface area contributed by atoms with Crippen molar-refractivity contribution in [2.75, 3.05) is 11.2 Å². The number of nitrogens with one attached hydrogen (secondary N) is 1. The number of hydrogen-bond acceptors (Lipinski definition) is 4. The Kier molecular flexibility index (Phi) is 3.42. The van der Waals surface area contributed by atoms with Crippen LogP contribution in [0.15, 0.2) is 17.0 Å². The molecule has 1 aliphatic rings. The lowest BCUT2D eigenvalue weighted by Crippen LogP contribution is -2.10. The Morgan fingerprint density at radius 1 is 1.56 bits per heavy atom. The van der Waals surface area contributed by atoms with E-state index < -0.39 is 0 Å². The topological polar surface area (TPSA) is 46.2 Å². The Morgan fingerprint density at radius 3 is 2.94 bits per heavy atom. The first kappa shape index (κ1) is 11.8. The van der Waals surface area contributed by atoms with Gasteiger partial charge in [0.25, 0.3) is 0 Å². The number of alkyl halides is 1. The van der Waals surface area contributed by atoms with Crippen LogP contribution in [-0.2, 0) is 4.79 Å². The number of fused-ring (bicyclic) bond motifs is 1. The number of benzene rings is 1. The van der Waals surface area contributed by atoms with Gasteiger partial charge < -0.3 is 10.1 Å². The second-order valence-corrected chi connectivity index (χ2v) is 5.06. The van der Waals surface area contributed by atoms with Crippen LogP contribution in [0.3, 0.4) is 0 Å². The van der Waals surface area contributed by atoms with Crippen LogP contribution in [-0.4, -0.2) is 23.3 Å². The Morgan fingerprint density at radius 2 is 2.31 bits per heavy atom. The summed E-state index contributed by atoms with van der Waals surface area (Å²) in [6.45, 7) is 0. The Hall–Kier alpha value is -0.710. The minimum absolute atomic E-state index is 0.103. The lowest BCUT2D eigenvalue weighted by molar-refractivity contribution is -0.107. The zero-order valence-corrected chi connectivity index (χ0v) is 10.3. The van der Waals surface area contributed by atoms with Crippen molar-refractivity contribution in [1.82, 2.24) is 0 Å². The third-order valence-electron chi connectivity index (χ3n) is 2.17. The molecule has 16 heavy (non-hydrogen) atoms. The highest BCUT2D eigenvalue weighted by molar-refractivity contribution is 8.01. The van der Waals surface area contributed by atoms with Crippen molar-refractivity contribution in [1.29, 1.82) is 0 Å². The van der Waals surface area contributed by atoms with E-state index in [0.717, 1.165) is 16.9 Å². The molecule has 0 radical (unpaired) electrons. The number of hydrogen-bond donors (Lipinski definition) is 1. The van der Waals surface area contributed by atoms with Crippen LogP contribution in [0, 0.1) is 0 Å². The molecule has 1 heterocycles. The smallest absolute Gasteiger partial charge is 0.179 e. The molecule has 1 aromatic rings. The van der Waals surface area contributed by atoms with Gasteiger partial charge in [0.2, 0.25) is 0 Å². The number of carbonyl (C=O) groups is 2. The van der Waals surface area contributed by atoms with Crippen molar-refractivity contribution in [2.45, 2.75) is 10.3 Å². The molecule has 0 bridgehead atoms. The first-order chi connectivity index (χ1) is 7.65. The van der Waals surface area contributed by atoms with Gasteiger partial charge in [-0.1, -0.05) is 23.4 Å². The van der Waals surface area contributed by atoms with Gasteiger partial charge in [0.1, 0.15) is 5.37 Å². The molecule has 84 valence electrons. The summed E-state index contributed by atoms with van der Waals surface area (Å²) in [4.78, 5) is 22.9. The van der Waals surface area contributed by atoms with Crippen molar-refractivity contribution >= 4 is 52.7 Å². The number of halogens is 2. The molecule has 1 unspecified atom stereocenters. The number of rotatable bonds is 3. The lowest BCUT2D eigenvalue weighted by atomic mass is 10.1. The van der Waals surface area contributed by atoms with Gasteiger partial charge in [-0.2, -0.15) is 0 Å². The van der Waals surface area contributed by atoms with Crippen molar-refractivity contribution in [3.63, 3.8) is 0 Å². The molecule has 1 atom stereocenters. The number of anilines is 1. The average molecular weight is 276 g/mol. The van der Waals surface area contributed by atoms with Crippen molar-refractivity contribution in [3.05, 3.63) is 22.7 Å². The molecule has 0 saturated heterocycles. The minimum Gasteiger partial charge on any atom is -0.366 e. The molecule has 1 aliphatic heterocycles. The van der Waals surface area contributed by atoms with Crippen LogP contribution in [0.4, 0.5) is 5.69 Å². The third kappa shape index (κ3) is 2.05. The summed E-state index contributed by atoms with van der Waals surface area (Å²) in [5.74, 6) is -0.321. The standard InChI is InChI=1S/C10H7Cl2NO2S/c11-3-8(15)5-1-9-7(2-6(5)12)13-10(4-14)16-9/h1-2,4,10,13H,3H2. The Labute approximate surface area is 106 Å². The second-order valence-electron chi connectivity index (χ2n) is 3.20. The molecule has 1 N–H and O–H groups in total. The average Bonchev–Trinajstić information content (AvgIpc) is 2.68. The van der Waals surface area contributed by atoms with Gasteiger partial charge in [-0.3, -0.25) is 4.79 Å². The van der Waals surface area contributed by atoms with E-state index in [1.54, 1.807) is 12.1 Å².